The molecule has 1 aromatic carbocycles. The van der Waals surface area contributed by atoms with Gasteiger partial charge < -0.3 is 15.2 Å². The fourth-order valence-electron chi connectivity index (χ4n) is 2.37. The van der Waals surface area contributed by atoms with Crippen molar-refractivity contribution in [3.05, 3.63) is 47.7 Å². The molecule has 0 aliphatic carbocycles. The number of aromatic amines is 1. The van der Waals surface area contributed by atoms with Crippen LogP contribution < -0.4 is 5.73 Å². The minimum atomic E-state index is -0.271. The third-order valence-corrected chi connectivity index (χ3v) is 3.39. The smallest absolute Gasteiger partial charge is 0.243 e. The molecule has 5 heteroatoms. The van der Waals surface area contributed by atoms with Gasteiger partial charge in [-0.1, -0.05) is 30.3 Å². The molecule has 3 aromatic rings. The molecule has 0 aliphatic rings. The van der Waals surface area contributed by atoms with Crippen LogP contribution in [0.25, 0.3) is 10.9 Å². The van der Waals surface area contributed by atoms with Gasteiger partial charge in [-0.2, -0.15) is 4.98 Å². The summed E-state index contributed by atoms with van der Waals surface area (Å²) in [6, 6.07) is 7.91. The second-order valence-electron chi connectivity index (χ2n) is 4.97. The van der Waals surface area contributed by atoms with Gasteiger partial charge in [0.05, 0.1) is 6.04 Å². The number of fused-ring (bicyclic) bond motifs is 1. The number of nitrogens with zero attached hydrogens (tertiary/aromatic N) is 2. The first-order chi connectivity index (χ1) is 9.78. The van der Waals surface area contributed by atoms with Crippen LogP contribution in [0.3, 0.4) is 0 Å². The van der Waals surface area contributed by atoms with Crippen molar-refractivity contribution in [1.82, 2.24) is 15.1 Å². The first-order valence-electron chi connectivity index (χ1n) is 6.91. The van der Waals surface area contributed by atoms with E-state index in [0.29, 0.717) is 12.3 Å². The maximum atomic E-state index is 6.18. The van der Waals surface area contributed by atoms with Gasteiger partial charge in [-0.3, -0.25) is 0 Å². The minimum Gasteiger partial charge on any atom is -0.361 e. The van der Waals surface area contributed by atoms with Crippen LogP contribution in [-0.4, -0.2) is 15.1 Å². The van der Waals surface area contributed by atoms with E-state index in [1.54, 1.807) is 0 Å². The Bertz CT molecular complexity index is 701. The molecule has 0 fully saturated rings. The number of para-hydroxylation sites is 1. The molecule has 0 radical (unpaired) electrons. The van der Waals surface area contributed by atoms with Crippen molar-refractivity contribution in [2.75, 3.05) is 0 Å². The Morgan fingerprint density at radius 3 is 3.05 bits per heavy atom. The molecule has 0 unspecified atom stereocenters. The molecule has 1 atom stereocenters. The first-order valence-corrected chi connectivity index (χ1v) is 6.91. The zero-order chi connectivity index (χ0) is 13.9. The zero-order valence-corrected chi connectivity index (χ0v) is 11.5. The molecule has 2 aromatic heterocycles. The summed E-state index contributed by atoms with van der Waals surface area (Å²) in [5, 5.41) is 5.14. The average molecular weight is 270 g/mol. The van der Waals surface area contributed by atoms with E-state index in [4.69, 9.17) is 10.3 Å². The van der Waals surface area contributed by atoms with Gasteiger partial charge in [0.15, 0.2) is 5.82 Å². The fourth-order valence-corrected chi connectivity index (χ4v) is 2.37. The maximum Gasteiger partial charge on any atom is 0.243 e. The Hall–Kier alpha value is -2.14. The van der Waals surface area contributed by atoms with Gasteiger partial charge in [0.1, 0.15) is 0 Å². The van der Waals surface area contributed by atoms with Gasteiger partial charge in [0.25, 0.3) is 0 Å². The summed E-state index contributed by atoms with van der Waals surface area (Å²) in [5.74, 6) is 1.25. The van der Waals surface area contributed by atoms with Crippen molar-refractivity contribution in [1.29, 1.82) is 0 Å². The Morgan fingerprint density at radius 1 is 1.35 bits per heavy atom. The van der Waals surface area contributed by atoms with Crippen LogP contribution in [0.1, 0.15) is 36.7 Å². The summed E-state index contributed by atoms with van der Waals surface area (Å²) in [6.07, 6.45) is 4.49. The molecule has 104 valence electrons. The standard InChI is InChI=1S/C15H18N4O/c1-2-5-14-18-15(20-19-14)12(16)8-10-9-17-13-7-4-3-6-11(10)13/h3-4,6-7,9,12,17H,2,5,8,16H2,1H3/t12-/m0/s1. The number of nitrogens with two attached hydrogens (primary N) is 1. The molecule has 3 N–H and O–H groups in total. The second kappa shape index (κ2) is 5.46. The van der Waals surface area contributed by atoms with Crippen LogP contribution in [0.2, 0.25) is 0 Å². The number of benzene rings is 1. The van der Waals surface area contributed by atoms with Crippen molar-refractivity contribution in [2.24, 2.45) is 5.73 Å². The predicted molar refractivity (Wildman–Crippen MR) is 77.2 cm³/mol. The Labute approximate surface area is 117 Å². The van der Waals surface area contributed by atoms with Gasteiger partial charge in [-0.05, 0) is 24.5 Å². The lowest BCUT2D eigenvalue weighted by molar-refractivity contribution is 0.350. The quantitative estimate of drug-likeness (QED) is 0.747. The third-order valence-electron chi connectivity index (χ3n) is 3.39. The highest BCUT2D eigenvalue weighted by Crippen LogP contribution is 2.22. The van der Waals surface area contributed by atoms with Crippen LogP contribution in [0.15, 0.2) is 35.0 Å². The maximum absolute atomic E-state index is 6.18. The van der Waals surface area contributed by atoms with E-state index in [-0.39, 0.29) is 6.04 Å². The summed E-state index contributed by atoms with van der Waals surface area (Å²) in [5.41, 5.74) is 8.46. The number of hydrogen-bond donors (Lipinski definition) is 2. The first kappa shape index (κ1) is 12.9. The van der Waals surface area contributed by atoms with Crippen molar-refractivity contribution in [2.45, 2.75) is 32.2 Å². The Morgan fingerprint density at radius 2 is 2.20 bits per heavy atom. The van der Waals surface area contributed by atoms with Gasteiger partial charge in [0, 0.05) is 23.5 Å². The summed E-state index contributed by atoms with van der Waals surface area (Å²) in [4.78, 5) is 7.60. The van der Waals surface area contributed by atoms with E-state index in [1.165, 1.54) is 10.9 Å². The van der Waals surface area contributed by atoms with E-state index in [0.717, 1.165) is 24.2 Å². The van der Waals surface area contributed by atoms with E-state index in [9.17, 15) is 0 Å². The summed E-state index contributed by atoms with van der Waals surface area (Å²) in [6.45, 7) is 2.09. The zero-order valence-electron chi connectivity index (χ0n) is 11.5. The Kier molecular flexibility index (Phi) is 3.52. The topological polar surface area (TPSA) is 80.7 Å². The Balaban J connectivity index is 1.79. The van der Waals surface area contributed by atoms with Gasteiger partial charge in [-0.15, -0.1) is 0 Å². The lowest BCUT2D eigenvalue weighted by atomic mass is 10.1. The highest BCUT2D eigenvalue weighted by Gasteiger charge is 2.16. The van der Waals surface area contributed by atoms with Crippen LogP contribution in [0.5, 0.6) is 0 Å². The van der Waals surface area contributed by atoms with E-state index < -0.39 is 0 Å². The predicted octanol–water partition coefficient (Wildman–Crippen LogP) is 2.75. The van der Waals surface area contributed by atoms with Crippen LogP contribution >= 0.6 is 0 Å². The average Bonchev–Trinajstić information content (AvgIpc) is 3.07. The van der Waals surface area contributed by atoms with Crippen LogP contribution in [0, 0.1) is 0 Å². The van der Waals surface area contributed by atoms with E-state index >= 15 is 0 Å². The molecule has 0 saturated heterocycles. The van der Waals surface area contributed by atoms with Gasteiger partial charge >= 0.3 is 0 Å². The highest BCUT2D eigenvalue weighted by atomic mass is 16.5. The monoisotopic (exact) mass is 270 g/mol. The van der Waals surface area contributed by atoms with Crippen LogP contribution in [0.4, 0.5) is 0 Å². The molecule has 3 rings (SSSR count). The fraction of sp³-hybridized carbons (Fsp3) is 0.333. The van der Waals surface area contributed by atoms with Crippen LogP contribution in [-0.2, 0) is 12.8 Å². The molecular weight excluding hydrogens is 252 g/mol. The lowest BCUT2D eigenvalue weighted by Crippen LogP contribution is -2.13. The summed E-state index contributed by atoms with van der Waals surface area (Å²) < 4.78 is 5.24. The number of rotatable bonds is 5. The number of nitrogens with one attached hydrogen (secondary N) is 1. The van der Waals surface area contributed by atoms with E-state index in [1.807, 2.05) is 18.3 Å². The molecule has 0 aliphatic heterocycles. The van der Waals surface area contributed by atoms with Crippen molar-refractivity contribution < 1.29 is 4.52 Å². The second-order valence-corrected chi connectivity index (χ2v) is 4.97. The van der Waals surface area contributed by atoms with Gasteiger partial charge in [0.2, 0.25) is 5.89 Å². The molecule has 0 saturated carbocycles. The minimum absolute atomic E-state index is 0.271. The normalized spacial score (nSPS) is 12.9. The van der Waals surface area contributed by atoms with Crippen molar-refractivity contribution in [3.8, 4) is 0 Å². The third kappa shape index (κ3) is 2.44. The number of aryl methyl sites for hydroxylation is 1. The van der Waals surface area contributed by atoms with Crippen molar-refractivity contribution >= 4 is 10.9 Å². The van der Waals surface area contributed by atoms with Gasteiger partial charge in [-0.25, -0.2) is 0 Å². The van der Waals surface area contributed by atoms with E-state index in [2.05, 4.69) is 34.2 Å². The SMILES string of the molecule is CCCc1noc([C@@H](N)Cc2c[nH]c3ccccc23)n1. The van der Waals surface area contributed by atoms with Crippen molar-refractivity contribution in [3.63, 3.8) is 0 Å². The molecule has 0 amide bonds. The molecule has 0 spiro atoms. The highest BCUT2D eigenvalue weighted by molar-refractivity contribution is 5.83. The lowest BCUT2D eigenvalue weighted by Gasteiger charge is -2.05. The number of hydrogen-bond acceptors (Lipinski definition) is 4. The molecule has 20 heavy (non-hydrogen) atoms. The molecule has 5 nitrogen and oxygen atoms in total. The molecule has 0 bridgehead atoms. The summed E-state index contributed by atoms with van der Waals surface area (Å²) >= 11 is 0. The molecular formula is C15H18N4O. The summed E-state index contributed by atoms with van der Waals surface area (Å²) in [7, 11) is 0. The number of H-pyrrole nitrogens is 1. The molecule has 2 heterocycles. The largest absolute Gasteiger partial charge is 0.361 e. The number of aromatic nitrogens is 3.